The number of halogens is 3. The van der Waals surface area contributed by atoms with Crippen LogP contribution in [0.2, 0.25) is 0 Å². The van der Waals surface area contributed by atoms with Crippen LogP contribution < -0.4 is 5.73 Å². The van der Waals surface area contributed by atoms with E-state index in [1.807, 2.05) is 6.20 Å². The molecule has 2 rings (SSSR count). The Labute approximate surface area is 109 Å². The fourth-order valence-corrected chi connectivity index (χ4v) is 1.81. The summed E-state index contributed by atoms with van der Waals surface area (Å²) in [6.45, 7) is 0.597. The van der Waals surface area contributed by atoms with Gasteiger partial charge in [0.15, 0.2) is 0 Å². The minimum Gasteiger partial charge on any atom is -0.361 e. The standard InChI is InChI=1S/C9H9IN2.2ClH/c10-7-1-2-9-8(3-7)6(4-11)5-12-9;;/h1-3,5,12H,4,11H2;2*1H. The van der Waals surface area contributed by atoms with Crippen molar-refractivity contribution in [2.45, 2.75) is 6.54 Å². The maximum Gasteiger partial charge on any atom is 0.0458 e. The smallest absolute Gasteiger partial charge is 0.0458 e. The van der Waals surface area contributed by atoms with Crippen molar-refractivity contribution in [2.75, 3.05) is 0 Å². The number of nitrogens with two attached hydrogens (primary N) is 1. The molecule has 1 aromatic carbocycles. The van der Waals surface area contributed by atoms with E-state index in [-0.39, 0.29) is 24.8 Å². The molecule has 0 bridgehead atoms. The summed E-state index contributed by atoms with van der Waals surface area (Å²) >= 11 is 2.30. The predicted octanol–water partition coefficient (Wildman–Crippen LogP) is 3.07. The Kier molecular flexibility index (Phi) is 5.81. The Balaban J connectivity index is 0.000000845. The molecule has 0 unspecified atom stereocenters. The fourth-order valence-electron chi connectivity index (χ4n) is 1.32. The lowest BCUT2D eigenvalue weighted by atomic mass is 10.2. The monoisotopic (exact) mass is 344 g/mol. The van der Waals surface area contributed by atoms with E-state index in [1.54, 1.807) is 0 Å². The van der Waals surface area contributed by atoms with Crippen LogP contribution in [0.3, 0.4) is 0 Å². The minimum absolute atomic E-state index is 0. The molecule has 0 aliphatic heterocycles. The zero-order chi connectivity index (χ0) is 8.55. The number of hydrogen-bond acceptors (Lipinski definition) is 1. The number of nitrogens with one attached hydrogen (secondary N) is 1. The summed E-state index contributed by atoms with van der Waals surface area (Å²) in [6.07, 6.45) is 1.97. The zero-order valence-corrected chi connectivity index (χ0v) is 11.1. The highest BCUT2D eigenvalue weighted by Gasteiger charge is 2.00. The normalized spacial score (nSPS) is 9.29. The van der Waals surface area contributed by atoms with Crippen molar-refractivity contribution >= 4 is 58.3 Å². The summed E-state index contributed by atoms with van der Waals surface area (Å²) in [5.41, 5.74) is 7.93. The second-order valence-electron chi connectivity index (χ2n) is 2.71. The molecule has 0 radical (unpaired) electrons. The van der Waals surface area contributed by atoms with Crippen molar-refractivity contribution in [3.05, 3.63) is 33.5 Å². The first-order chi connectivity index (χ1) is 5.81. The maximum absolute atomic E-state index is 5.59. The second kappa shape index (κ2) is 5.80. The molecule has 2 nitrogen and oxygen atoms in total. The van der Waals surface area contributed by atoms with E-state index in [9.17, 15) is 0 Å². The van der Waals surface area contributed by atoms with Crippen molar-refractivity contribution in [3.63, 3.8) is 0 Å². The third kappa shape index (κ3) is 2.53. The van der Waals surface area contributed by atoms with Crippen molar-refractivity contribution in [3.8, 4) is 0 Å². The predicted molar refractivity (Wildman–Crippen MR) is 73.4 cm³/mol. The Morgan fingerprint density at radius 1 is 1.29 bits per heavy atom. The molecule has 2 aromatic rings. The van der Waals surface area contributed by atoms with Gasteiger partial charge in [0.2, 0.25) is 0 Å². The lowest BCUT2D eigenvalue weighted by Crippen LogP contribution is -1.93. The van der Waals surface area contributed by atoms with Crippen LogP contribution in [0.5, 0.6) is 0 Å². The van der Waals surface area contributed by atoms with E-state index in [1.165, 1.54) is 14.5 Å². The molecule has 3 N–H and O–H groups in total. The van der Waals surface area contributed by atoms with Crippen LogP contribution in [0.15, 0.2) is 24.4 Å². The summed E-state index contributed by atoms with van der Waals surface area (Å²) < 4.78 is 1.24. The molecule has 0 saturated heterocycles. The van der Waals surface area contributed by atoms with Gasteiger partial charge in [-0.15, -0.1) is 24.8 Å². The average Bonchev–Trinajstić information content (AvgIpc) is 2.46. The van der Waals surface area contributed by atoms with Gasteiger partial charge in [-0.1, -0.05) is 0 Å². The average molecular weight is 345 g/mol. The van der Waals surface area contributed by atoms with Gasteiger partial charge >= 0.3 is 0 Å². The Morgan fingerprint density at radius 3 is 2.64 bits per heavy atom. The van der Waals surface area contributed by atoms with Crippen molar-refractivity contribution in [2.24, 2.45) is 5.73 Å². The van der Waals surface area contributed by atoms with E-state index >= 15 is 0 Å². The topological polar surface area (TPSA) is 41.8 Å². The SMILES string of the molecule is Cl.Cl.NCc1c[nH]c2ccc(I)cc12. The Hall–Kier alpha value is 0.0300. The first-order valence-electron chi connectivity index (χ1n) is 3.77. The molecule has 0 aliphatic rings. The summed E-state index contributed by atoms with van der Waals surface area (Å²) in [4.78, 5) is 3.18. The van der Waals surface area contributed by atoms with Gasteiger partial charge in [0.25, 0.3) is 0 Å². The molecule has 0 amide bonds. The van der Waals surface area contributed by atoms with Crippen LogP contribution in [-0.4, -0.2) is 4.98 Å². The number of rotatable bonds is 1. The van der Waals surface area contributed by atoms with Crippen LogP contribution >= 0.6 is 47.4 Å². The van der Waals surface area contributed by atoms with Gasteiger partial charge < -0.3 is 10.7 Å². The van der Waals surface area contributed by atoms with E-state index in [0.717, 1.165) is 5.52 Å². The highest BCUT2D eigenvalue weighted by Crippen LogP contribution is 2.20. The maximum atomic E-state index is 5.59. The third-order valence-electron chi connectivity index (χ3n) is 1.95. The molecule has 0 saturated carbocycles. The molecule has 1 aromatic heterocycles. The van der Waals surface area contributed by atoms with Crippen LogP contribution in [0.1, 0.15) is 5.56 Å². The Bertz CT molecular complexity index is 414. The molecule has 78 valence electrons. The summed E-state index contributed by atoms with van der Waals surface area (Å²) in [5, 5.41) is 1.24. The summed E-state index contributed by atoms with van der Waals surface area (Å²) in [5.74, 6) is 0. The second-order valence-corrected chi connectivity index (χ2v) is 3.95. The lowest BCUT2D eigenvalue weighted by molar-refractivity contribution is 1.08. The zero-order valence-electron chi connectivity index (χ0n) is 7.29. The van der Waals surface area contributed by atoms with Gasteiger partial charge in [0.1, 0.15) is 0 Å². The van der Waals surface area contributed by atoms with Gasteiger partial charge in [-0.25, -0.2) is 0 Å². The van der Waals surface area contributed by atoms with E-state index in [2.05, 4.69) is 45.8 Å². The largest absolute Gasteiger partial charge is 0.361 e. The van der Waals surface area contributed by atoms with Crippen LogP contribution in [0.25, 0.3) is 10.9 Å². The number of aromatic nitrogens is 1. The van der Waals surface area contributed by atoms with E-state index < -0.39 is 0 Å². The molecule has 0 atom stereocenters. The molecule has 1 heterocycles. The number of H-pyrrole nitrogens is 1. The highest BCUT2D eigenvalue weighted by atomic mass is 127. The van der Waals surface area contributed by atoms with Crippen molar-refractivity contribution in [1.82, 2.24) is 4.98 Å². The molecule has 0 spiro atoms. The van der Waals surface area contributed by atoms with Gasteiger partial charge in [0, 0.05) is 27.2 Å². The first kappa shape index (κ1) is 14.0. The Morgan fingerprint density at radius 2 is 2.00 bits per heavy atom. The van der Waals surface area contributed by atoms with Gasteiger partial charge in [-0.05, 0) is 46.4 Å². The van der Waals surface area contributed by atoms with E-state index in [4.69, 9.17) is 5.73 Å². The van der Waals surface area contributed by atoms with Crippen LogP contribution in [0.4, 0.5) is 0 Å². The highest BCUT2D eigenvalue weighted by molar-refractivity contribution is 14.1. The number of benzene rings is 1. The summed E-state index contributed by atoms with van der Waals surface area (Å²) in [7, 11) is 0. The third-order valence-corrected chi connectivity index (χ3v) is 2.62. The number of aromatic amines is 1. The van der Waals surface area contributed by atoms with E-state index in [0.29, 0.717) is 6.54 Å². The van der Waals surface area contributed by atoms with Crippen LogP contribution in [0, 0.1) is 3.57 Å². The summed E-state index contributed by atoms with van der Waals surface area (Å²) in [6, 6.07) is 6.31. The molecule has 5 heteroatoms. The quantitative estimate of drug-likeness (QED) is 0.767. The van der Waals surface area contributed by atoms with Gasteiger partial charge in [-0.3, -0.25) is 0 Å². The molecular weight excluding hydrogens is 334 g/mol. The fraction of sp³-hybridized carbons (Fsp3) is 0.111. The van der Waals surface area contributed by atoms with Crippen molar-refractivity contribution < 1.29 is 0 Å². The van der Waals surface area contributed by atoms with Crippen molar-refractivity contribution in [1.29, 1.82) is 0 Å². The van der Waals surface area contributed by atoms with Gasteiger partial charge in [-0.2, -0.15) is 0 Å². The lowest BCUT2D eigenvalue weighted by Gasteiger charge is -1.94. The minimum atomic E-state index is 0. The molecule has 0 fully saturated rings. The molecular formula is C9H11Cl2IN2. The number of fused-ring (bicyclic) bond motifs is 1. The van der Waals surface area contributed by atoms with Crippen LogP contribution in [-0.2, 0) is 6.54 Å². The molecule has 14 heavy (non-hydrogen) atoms. The first-order valence-corrected chi connectivity index (χ1v) is 4.84. The van der Waals surface area contributed by atoms with Gasteiger partial charge in [0.05, 0.1) is 0 Å². The molecule has 0 aliphatic carbocycles. The number of hydrogen-bond donors (Lipinski definition) is 2.